The molecule has 3 rings (SSSR count). The van der Waals surface area contributed by atoms with Crippen molar-refractivity contribution in [3.05, 3.63) is 54.0 Å². The number of carbonyl (C=O) groups excluding carboxylic acids is 2. The van der Waals surface area contributed by atoms with Crippen LogP contribution in [-0.2, 0) is 26.0 Å². The molecular weight excluding hydrogens is 422 g/mol. The van der Waals surface area contributed by atoms with E-state index in [1.807, 2.05) is 25.1 Å². The average Bonchev–Trinajstić information content (AvgIpc) is 3.37. The number of rotatable bonds is 10. The molecule has 1 fully saturated rings. The maximum Gasteiger partial charge on any atom is 0.375 e. The molecule has 9 heteroatoms. The van der Waals surface area contributed by atoms with Crippen LogP contribution in [0.4, 0.5) is 0 Å². The minimum Gasteiger partial charge on any atom is -0.489 e. The Morgan fingerprint density at radius 1 is 1.19 bits per heavy atom. The fraction of sp³-hybridized carbons (Fsp3) is 0.455. The molecule has 1 atom stereocenters. The SMILES string of the molecule is CCCCN(C(=O)COC(=O)c1occc1COc1ccccc1)C1CCS(=O)(=O)C1. The topological polar surface area (TPSA) is 103 Å². The number of sulfone groups is 1. The van der Waals surface area contributed by atoms with Crippen LogP contribution < -0.4 is 4.74 Å². The summed E-state index contributed by atoms with van der Waals surface area (Å²) in [6, 6.07) is 10.4. The first-order valence-corrected chi connectivity index (χ1v) is 12.1. The zero-order valence-corrected chi connectivity index (χ0v) is 18.3. The van der Waals surface area contributed by atoms with E-state index in [1.54, 1.807) is 18.2 Å². The number of amides is 1. The highest BCUT2D eigenvalue weighted by Crippen LogP contribution is 2.20. The molecule has 168 valence electrons. The Bertz CT molecular complexity index is 984. The maximum atomic E-state index is 12.7. The predicted molar refractivity (Wildman–Crippen MR) is 113 cm³/mol. The van der Waals surface area contributed by atoms with Crippen molar-refractivity contribution in [3.8, 4) is 5.75 Å². The second-order valence-corrected chi connectivity index (χ2v) is 9.68. The van der Waals surface area contributed by atoms with Gasteiger partial charge in [-0.3, -0.25) is 4.79 Å². The van der Waals surface area contributed by atoms with Gasteiger partial charge in [-0.05, 0) is 31.0 Å². The van der Waals surface area contributed by atoms with Crippen molar-refractivity contribution < 1.29 is 31.9 Å². The fourth-order valence-electron chi connectivity index (χ4n) is 3.44. The average molecular weight is 450 g/mol. The van der Waals surface area contributed by atoms with Gasteiger partial charge in [-0.15, -0.1) is 0 Å². The van der Waals surface area contributed by atoms with Gasteiger partial charge in [-0.1, -0.05) is 31.5 Å². The molecule has 1 saturated heterocycles. The third-order valence-electron chi connectivity index (χ3n) is 5.12. The lowest BCUT2D eigenvalue weighted by Gasteiger charge is -2.28. The van der Waals surface area contributed by atoms with E-state index in [0.29, 0.717) is 24.3 Å². The van der Waals surface area contributed by atoms with Gasteiger partial charge in [0.25, 0.3) is 5.91 Å². The summed E-state index contributed by atoms with van der Waals surface area (Å²) in [6.45, 7) is 2.06. The van der Waals surface area contributed by atoms with E-state index < -0.39 is 28.3 Å². The first kappa shape index (κ1) is 22.9. The summed E-state index contributed by atoms with van der Waals surface area (Å²) in [7, 11) is -3.13. The van der Waals surface area contributed by atoms with E-state index in [0.717, 1.165) is 12.8 Å². The number of hydrogen-bond acceptors (Lipinski definition) is 7. The standard InChI is InChI=1S/C22H27NO7S/c1-2-3-11-23(18-10-13-31(26,27)16-18)20(24)15-30-22(25)21-17(9-12-28-21)14-29-19-7-5-4-6-8-19/h4-9,12,18H,2-3,10-11,13-16H2,1H3. The number of esters is 1. The fourth-order valence-corrected chi connectivity index (χ4v) is 5.17. The maximum absolute atomic E-state index is 12.7. The highest BCUT2D eigenvalue weighted by Gasteiger charge is 2.34. The smallest absolute Gasteiger partial charge is 0.375 e. The van der Waals surface area contributed by atoms with E-state index in [4.69, 9.17) is 13.9 Å². The number of benzene rings is 1. The zero-order chi connectivity index (χ0) is 22.3. The number of carbonyl (C=O) groups is 2. The number of ether oxygens (including phenoxy) is 2. The molecule has 0 radical (unpaired) electrons. The number of nitrogens with zero attached hydrogens (tertiary/aromatic N) is 1. The summed E-state index contributed by atoms with van der Waals surface area (Å²) in [5, 5.41) is 0. The Morgan fingerprint density at radius 3 is 2.65 bits per heavy atom. The van der Waals surface area contributed by atoms with Crippen molar-refractivity contribution in [2.24, 2.45) is 0 Å². The van der Waals surface area contributed by atoms with Gasteiger partial charge in [0.2, 0.25) is 5.76 Å². The second kappa shape index (κ2) is 10.5. The number of hydrogen-bond donors (Lipinski definition) is 0. The molecule has 0 bridgehead atoms. The van der Waals surface area contributed by atoms with E-state index in [2.05, 4.69) is 0 Å². The van der Waals surface area contributed by atoms with Gasteiger partial charge in [-0.25, -0.2) is 13.2 Å². The van der Waals surface area contributed by atoms with Gasteiger partial charge in [0.1, 0.15) is 12.4 Å². The Labute approximate surface area is 182 Å². The summed E-state index contributed by atoms with van der Waals surface area (Å²) in [6.07, 6.45) is 3.37. The molecule has 1 aliphatic heterocycles. The molecule has 1 aromatic carbocycles. The highest BCUT2D eigenvalue weighted by atomic mass is 32.2. The van der Waals surface area contributed by atoms with Crippen molar-refractivity contribution in [1.82, 2.24) is 4.90 Å². The Hall–Kier alpha value is -2.81. The number of furan rings is 1. The molecule has 1 unspecified atom stereocenters. The molecule has 0 spiro atoms. The normalized spacial score (nSPS) is 17.3. The largest absolute Gasteiger partial charge is 0.489 e. The summed E-state index contributed by atoms with van der Waals surface area (Å²) < 4.78 is 39.7. The van der Waals surface area contributed by atoms with Crippen molar-refractivity contribution in [3.63, 3.8) is 0 Å². The summed E-state index contributed by atoms with van der Waals surface area (Å²) in [5.41, 5.74) is 0.506. The van der Waals surface area contributed by atoms with Crippen molar-refractivity contribution in [2.75, 3.05) is 24.7 Å². The molecule has 8 nitrogen and oxygen atoms in total. The lowest BCUT2D eigenvalue weighted by atomic mass is 10.2. The molecule has 2 heterocycles. The van der Waals surface area contributed by atoms with Gasteiger partial charge in [0.05, 0.1) is 17.8 Å². The monoisotopic (exact) mass is 449 g/mol. The van der Waals surface area contributed by atoms with Crippen molar-refractivity contribution in [2.45, 2.75) is 38.8 Å². The minimum atomic E-state index is -3.13. The van der Waals surface area contributed by atoms with Gasteiger partial charge in [-0.2, -0.15) is 0 Å². The lowest BCUT2D eigenvalue weighted by Crippen LogP contribution is -2.43. The number of unbranched alkanes of at least 4 members (excludes halogenated alkanes) is 1. The van der Waals surface area contributed by atoms with Crippen LogP contribution in [0.2, 0.25) is 0 Å². The Balaban J connectivity index is 1.57. The summed E-state index contributed by atoms with van der Waals surface area (Å²) >= 11 is 0. The van der Waals surface area contributed by atoms with E-state index in [9.17, 15) is 18.0 Å². The molecule has 0 aliphatic carbocycles. The van der Waals surface area contributed by atoms with Crippen LogP contribution in [-0.4, -0.2) is 55.9 Å². The zero-order valence-electron chi connectivity index (χ0n) is 17.5. The van der Waals surface area contributed by atoms with Crippen LogP contribution in [0.1, 0.15) is 42.3 Å². The quantitative estimate of drug-likeness (QED) is 0.514. The third kappa shape index (κ3) is 6.33. The second-order valence-electron chi connectivity index (χ2n) is 7.45. The van der Waals surface area contributed by atoms with Crippen molar-refractivity contribution in [1.29, 1.82) is 0 Å². The summed E-state index contributed by atoms with van der Waals surface area (Å²) in [5.74, 6) is -0.513. The minimum absolute atomic E-state index is 0.0210. The molecule has 1 amide bonds. The van der Waals surface area contributed by atoms with Crippen molar-refractivity contribution >= 4 is 21.7 Å². The Kier molecular flexibility index (Phi) is 7.73. The molecular formula is C22H27NO7S. The summed E-state index contributed by atoms with van der Waals surface area (Å²) in [4.78, 5) is 26.7. The van der Waals surface area contributed by atoms with E-state index >= 15 is 0 Å². The van der Waals surface area contributed by atoms with E-state index in [-0.39, 0.29) is 29.9 Å². The van der Waals surface area contributed by atoms with Gasteiger partial charge in [0.15, 0.2) is 16.4 Å². The molecule has 31 heavy (non-hydrogen) atoms. The first-order valence-electron chi connectivity index (χ1n) is 10.3. The molecule has 1 aromatic heterocycles. The lowest BCUT2D eigenvalue weighted by molar-refractivity contribution is -0.136. The highest BCUT2D eigenvalue weighted by molar-refractivity contribution is 7.91. The van der Waals surface area contributed by atoms with Gasteiger partial charge in [0, 0.05) is 18.2 Å². The number of para-hydroxylation sites is 1. The molecule has 0 N–H and O–H groups in total. The Morgan fingerprint density at radius 2 is 1.97 bits per heavy atom. The van der Waals surface area contributed by atoms with Gasteiger partial charge < -0.3 is 18.8 Å². The van der Waals surface area contributed by atoms with Crippen LogP contribution in [0.5, 0.6) is 5.75 Å². The van der Waals surface area contributed by atoms with Crippen LogP contribution in [0.3, 0.4) is 0 Å². The molecule has 2 aromatic rings. The van der Waals surface area contributed by atoms with Crippen LogP contribution in [0.25, 0.3) is 0 Å². The van der Waals surface area contributed by atoms with Crippen LogP contribution in [0.15, 0.2) is 47.1 Å². The van der Waals surface area contributed by atoms with Crippen LogP contribution >= 0.6 is 0 Å². The van der Waals surface area contributed by atoms with Crippen LogP contribution in [0, 0.1) is 0 Å². The third-order valence-corrected chi connectivity index (χ3v) is 6.87. The predicted octanol–water partition coefficient (Wildman–Crippen LogP) is 2.83. The molecule has 0 saturated carbocycles. The molecule has 1 aliphatic rings. The van der Waals surface area contributed by atoms with Gasteiger partial charge >= 0.3 is 5.97 Å². The first-order chi connectivity index (χ1) is 14.9. The van der Waals surface area contributed by atoms with E-state index in [1.165, 1.54) is 11.2 Å².